The Bertz CT molecular complexity index is 584. The number of nitrogens with zero attached hydrogens (tertiary/aromatic N) is 3. The zero-order valence-electron chi connectivity index (χ0n) is 11.4. The number of hydrazine groups is 1. The van der Waals surface area contributed by atoms with Gasteiger partial charge in [0.25, 0.3) is 0 Å². The number of fused-ring (bicyclic) bond motifs is 1. The van der Waals surface area contributed by atoms with E-state index < -0.39 is 0 Å². The minimum absolute atomic E-state index is 0.149. The van der Waals surface area contributed by atoms with E-state index >= 15 is 0 Å². The largest absolute Gasteiger partial charge is 0.368 e. The first-order valence-corrected chi connectivity index (χ1v) is 6.97. The molecule has 1 amide bonds. The summed E-state index contributed by atoms with van der Waals surface area (Å²) in [5.74, 6) is 0.307. The lowest BCUT2D eigenvalue weighted by Gasteiger charge is -2.33. The topological polar surface area (TPSA) is 129 Å². The normalized spacial score (nSPS) is 31.2. The Hall–Kier alpha value is -2.24. The third-order valence-corrected chi connectivity index (χ3v) is 4.20. The van der Waals surface area contributed by atoms with Gasteiger partial charge in [0.1, 0.15) is 12.1 Å². The predicted molar refractivity (Wildman–Crippen MR) is 74.5 cm³/mol. The van der Waals surface area contributed by atoms with Crippen LogP contribution in [0, 0.1) is 17.2 Å². The maximum absolute atomic E-state index is 11.5. The molecular formula is C13H17N7O. The van der Waals surface area contributed by atoms with Crippen molar-refractivity contribution < 1.29 is 4.79 Å². The number of anilines is 1. The minimum Gasteiger partial charge on any atom is -0.368 e. The van der Waals surface area contributed by atoms with Crippen molar-refractivity contribution >= 4 is 11.7 Å². The van der Waals surface area contributed by atoms with Crippen molar-refractivity contribution in [1.82, 2.24) is 20.8 Å². The number of amides is 1. The second-order valence-corrected chi connectivity index (χ2v) is 5.46. The molecule has 4 unspecified atom stereocenters. The number of carbonyl (C=O) groups excluding carboxylic acids is 1. The van der Waals surface area contributed by atoms with E-state index in [1.807, 2.05) is 6.07 Å². The molecule has 1 aliphatic carbocycles. The first kappa shape index (κ1) is 13.7. The average Bonchev–Trinajstić information content (AvgIpc) is 2.91. The van der Waals surface area contributed by atoms with Crippen molar-refractivity contribution in [1.29, 1.82) is 5.26 Å². The van der Waals surface area contributed by atoms with E-state index in [2.05, 4.69) is 26.1 Å². The molecule has 110 valence electrons. The van der Waals surface area contributed by atoms with Crippen LogP contribution in [-0.2, 0) is 4.79 Å². The van der Waals surface area contributed by atoms with Crippen molar-refractivity contribution in [2.75, 3.05) is 5.32 Å². The molecule has 2 heterocycles. The molecule has 0 aromatic carbocycles. The van der Waals surface area contributed by atoms with Crippen LogP contribution in [0.3, 0.4) is 0 Å². The molecule has 8 heteroatoms. The van der Waals surface area contributed by atoms with Gasteiger partial charge in [0.2, 0.25) is 5.91 Å². The number of nitrogens with two attached hydrogens (primary N) is 1. The monoisotopic (exact) mass is 287 g/mol. The van der Waals surface area contributed by atoms with Gasteiger partial charge < -0.3 is 11.1 Å². The highest BCUT2D eigenvalue weighted by atomic mass is 16.1. The summed E-state index contributed by atoms with van der Waals surface area (Å²) in [7, 11) is 0. The highest BCUT2D eigenvalue weighted by Gasteiger charge is 2.42. The van der Waals surface area contributed by atoms with Gasteiger partial charge >= 0.3 is 0 Å². The molecule has 0 spiro atoms. The standard InChI is InChI=1S/C13H17N7O/c14-6-10-13(17-4-3-16-10)18-7-1-2-9-8(5-7)11(12(15)21)20-19-9/h3-4,7-9,11,19-20H,1-2,5H2,(H2,15,21)(H,17,18). The van der Waals surface area contributed by atoms with E-state index in [1.165, 1.54) is 6.20 Å². The lowest BCUT2D eigenvalue weighted by molar-refractivity contribution is -0.120. The summed E-state index contributed by atoms with van der Waals surface area (Å²) in [6, 6.07) is 2.09. The van der Waals surface area contributed by atoms with Gasteiger partial charge in [-0.2, -0.15) is 5.26 Å². The van der Waals surface area contributed by atoms with Gasteiger partial charge in [-0.15, -0.1) is 0 Å². The molecule has 2 aliphatic rings. The van der Waals surface area contributed by atoms with Crippen LogP contribution in [0.5, 0.6) is 0 Å². The predicted octanol–water partition coefficient (Wildman–Crippen LogP) is -0.741. The fourth-order valence-electron chi connectivity index (χ4n) is 3.19. The number of primary amides is 1. The molecule has 5 N–H and O–H groups in total. The number of aromatic nitrogens is 2. The molecule has 4 atom stereocenters. The van der Waals surface area contributed by atoms with E-state index in [1.54, 1.807) is 6.20 Å². The van der Waals surface area contributed by atoms with Crippen LogP contribution in [-0.4, -0.2) is 34.0 Å². The van der Waals surface area contributed by atoms with E-state index in [0.717, 1.165) is 19.3 Å². The van der Waals surface area contributed by atoms with Gasteiger partial charge in [-0.3, -0.25) is 10.2 Å². The van der Waals surface area contributed by atoms with Crippen LogP contribution in [0.2, 0.25) is 0 Å². The second kappa shape index (κ2) is 5.63. The smallest absolute Gasteiger partial charge is 0.236 e. The molecule has 2 fully saturated rings. The first-order chi connectivity index (χ1) is 10.2. The van der Waals surface area contributed by atoms with E-state index in [4.69, 9.17) is 11.0 Å². The van der Waals surface area contributed by atoms with Crippen molar-refractivity contribution in [2.45, 2.75) is 37.4 Å². The molecule has 1 saturated heterocycles. The maximum atomic E-state index is 11.5. The number of hydrogen-bond acceptors (Lipinski definition) is 7. The highest BCUT2D eigenvalue weighted by Crippen LogP contribution is 2.31. The minimum atomic E-state index is -0.350. The van der Waals surface area contributed by atoms with Gasteiger partial charge in [-0.25, -0.2) is 15.4 Å². The van der Waals surface area contributed by atoms with Crippen LogP contribution in [0.15, 0.2) is 12.4 Å². The third kappa shape index (κ3) is 2.66. The summed E-state index contributed by atoms with van der Waals surface area (Å²) >= 11 is 0. The number of rotatable bonds is 3. The molecule has 1 aromatic heterocycles. The van der Waals surface area contributed by atoms with Gasteiger partial charge in [0.05, 0.1) is 0 Å². The Labute approximate surface area is 122 Å². The van der Waals surface area contributed by atoms with Crippen molar-refractivity contribution in [3.63, 3.8) is 0 Å². The quantitative estimate of drug-likeness (QED) is 0.576. The fraction of sp³-hybridized carbons (Fsp3) is 0.538. The van der Waals surface area contributed by atoms with Gasteiger partial charge in [0.15, 0.2) is 11.5 Å². The lowest BCUT2D eigenvalue weighted by atomic mass is 9.79. The Morgan fingerprint density at radius 1 is 1.38 bits per heavy atom. The van der Waals surface area contributed by atoms with Crippen molar-refractivity contribution in [2.24, 2.45) is 11.7 Å². The van der Waals surface area contributed by atoms with Crippen LogP contribution in [0.1, 0.15) is 25.0 Å². The second-order valence-electron chi connectivity index (χ2n) is 5.46. The summed E-state index contributed by atoms with van der Waals surface area (Å²) in [6.07, 6.45) is 5.71. The molecule has 0 bridgehead atoms. The summed E-state index contributed by atoms with van der Waals surface area (Å²) in [5.41, 5.74) is 11.8. The SMILES string of the molecule is N#Cc1nccnc1NC1CCC2NNC(C(N)=O)C2C1. The molecule has 1 aromatic rings. The first-order valence-electron chi connectivity index (χ1n) is 6.97. The van der Waals surface area contributed by atoms with Crippen molar-refractivity contribution in [3.8, 4) is 6.07 Å². The molecule has 1 saturated carbocycles. The number of hydrogen-bond donors (Lipinski definition) is 4. The Kier molecular flexibility index (Phi) is 3.68. The zero-order chi connectivity index (χ0) is 14.8. The number of nitriles is 1. The molecule has 0 radical (unpaired) electrons. The van der Waals surface area contributed by atoms with Gasteiger partial charge in [-0.1, -0.05) is 0 Å². The molecule has 21 heavy (non-hydrogen) atoms. The van der Waals surface area contributed by atoms with E-state index in [-0.39, 0.29) is 35.6 Å². The van der Waals surface area contributed by atoms with Gasteiger partial charge in [0, 0.05) is 30.4 Å². The zero-order valence-corrected chi connectivity index (χ0v) is 11.4. The Balaban J connectivity index is 1.71. The van der Waals surface area contributed by atoms with Crippen LogP contribution < -0.4 is 21.9 Å². The number of nitrogens with one attached hydrogen (secondary N) is 3. The van der Waals surface area contributed by atoms with Gasteiger partial charge in [-0.05, 0) is 19.3 Å². The average molecular weight is 287 g/mol. The molecular weight excluding hydrogens is 270 g/mol. The highest BCUT2D eigenvalue weighted by molar-refractivity contribution is 5.80. The van der Waals surface area contributed by atoms with E-state index in [9.17, 15) is 4.79 Å². The summed E-state index contributed by atoms with van der Waals surface area (Å²) in [5, 5.41) is 12.3. The molecule has 3 rings (SSSR count). The summed E-state index contributed by atoms with van der Waals surface area (Å²) in [6.45, 7) is 0. The Morgan fingerprint density at radius 2 is 2.19 bits per heavy atom. The van der Waals surface area contributed by atoms with Crippen LogP contribution >= 0.6 is 0 Å². The lowest BCUT2D eigenvalue weighted by Crippen LogP contribution is -2.44. The van der Waals surface area contributed by atoms with Crippen LogP contribution in [0.25, 0.3) is 0 Å². The molecule has 8 nitrogen and oxygen atoms in total. The summed E-state index contributed by atoms with van der Waals surface area (Å²) < 4.78 is 0. The third-order valence-electron chi connectivity index (χ3n) is 4.20. The Morgan fingerprint density at radius 3 is 2.95 bits per heavy atom. The fourth-order valence-corrected chi connectivity index (χ4v) is 3.19. The van der Waals surface area contributed by atoms with Crippen molar-refractivity contribution in [3.05, 3.63) is 18.1 Å². The summed E-state index contributed by atoms with van der Waals surface area (Å²) in [4.78, 5) is 19.6. The number of carbonyl (C=O) groups is 1. The maximum Gasteiger partial charge on any atom is 0.236 e. The molecule has 1 aliphatic heterocycles. The van der Waals surface area contributed by atoms with Crippen LogP contribution in [0.4, 0.5) is 5.82 Å². The van der Waals surface area contributed by atoms with E-state index in [0.29, 0.717) is 5.82 Å².